The maximum Gasteiger partial charge on any atom is 0.261 e. The van der Waals surface area contributed by atoms with Gasteiger partial charge in [0.2, 0.25) is 0 Å². The third-order valence-corrected chi connectivity index (χ3v) is 3.27. The Morgan fingerprint density at radius 3 is 2.80 bits per heavy atom. The van der Waals surface area contributed by atoms with Crippen molar-refractivity contribution in [2.24, 2.45) is 0 Å². The van der Waals surface area contributed by atoms with E-state index < -0.39 is 0 Å². The molecular formula is C10H9Br2NO2. The summed E-state index contributed by atoms with van der Waals surface area (Å²) >= 11 is 6.74. The molecule has 0 bridgehead atoms. The molecule has 0 radical (unpaired) electrons. The molecule has 1 heterocycles. The van der Waals surface area contributed by atoms with Gasteiger partial charge in [0.1, 0.15) is 5.75 Å². The van der Waals surface area contributed by atoms with E-state index in [1.807, 2.05) is 18.2 Å². The Balaban J connectivity index is 2.13. The summed E-state index contributed by atoms with van der Waals surface area (Å²) in [4.78, 5) is 11.3. The van der Waals surface area contributed by atoms with E-state index >= 15 is 0 Å². The lowest BCUT2D eigenvalue weighted by molar-refractivity contribution is -0.124. The Labute approximate surface area is 104 Å². The van der Waals surface area contributed by atoms with E-state index in [-0.39, 0.29) is 12.0 Å². The summed E-state index contributed by atoms with van der Waals surface area (Å²) in [6, 6.07) is 5.61. The Hall–Kier alpha value is -0.550. The zero-order chi connectivity index (χ0) is 10.8. The number of carbonyl (C=O) groups excluding carboxylic acids is 1. The third-order valence-electron chi connectivity index (χ3n) is 2.16. The second-order valence-electron chi connectivity index (χ2n) is 3.26. The van der Waals surface area contributed by atoms with Gasteiger partial charge in [0, 0.05) is 17.4 Å². The van der Waals surface area contributed by atoms with E-state index in [4.69, 9.17) is 4.74 Å². The minimum absolute atomic E-state index is 0.0372. The van der Waals surface area contributed by atoms with Crippen LogP contribution in [0.5, 0.6) is 5.75 Å². The number of rotatable bonds is 2. The van der Waals surface area contributed by atoms with Gasteiger partial charge < -0.3 is 10.1 Å². The Bertz CT molecular complexity index is 395. The number of hydrogen-bond donors (Lipinski definition) is 1. The van der Waals surface area contributed by atoms with Gasteiger partial charge >= 0.3 is 0 Å². The molecule has 0 aliphatic carbocycles. The summed E-state index contributed by atoms with van der Waals surface area (Å²) in [6.45, 7) is 0.692. The van der Waals surface area contributed by atoms with Crippen LogP contribution in [0.1, 0.15) is 6.42 Å². The fraction of sp³-hybridized carbons (Fsp3) is 0.300. The van der Waals surface area contributed by atoms with Crippen LogP contribution in [0.25, 0.3) is 0 Å². The molecule has 80 valence electrons. The molecule has 0 spiro atoms. The quantitative estimate of drug-likeness (QED) is 0.902. The first-order chi connectivity index (χ1) is 7.16. The number of amides is 1. The smallest absolute Gasteiger partial charge is 0.261 e. The molecule has 1 saturated heterocycles. The monoisotopic (exact) mass is 333 g/mol. The number of halogens is 2. The highest BCUT2D eigenvalue weighted by Crippen LogP contribution is 2.29. The summed E-state index contributed by atoms with van der Waals surface area (Å²) < 4.78 is 7.41. The maximum absolute atomic E-state index is 11.3. The first kappa shape index (κ1) is 11.0. The van der Waals surface area contributed by atoms with Crippen molar-refractivity contribution in [2.75, 3.05) is 6.54 Å². The van der Waals surface area contributed by atoms with Crippen molar-refractivity contribution < 1.29 is 9.53 Å². The lowest BCUT2D eigenvalue weighted by Gasteiger charge is -2.12. The van der Waals surface area contributed by atoms with Crippen LogP contribution in [-0.2, 0) is 4.79 Å². The highest BCUT2D eigenvalue weighted by atomic mass is 79.9. The van der Waals surface area contributed by atoms with Crippen molar-refractivity contribution in [1.29, 1.82) is 0 Å². The average Bonchev–Trinajstić information content (AvgIpc) is 2.57. The first-order valence-corrected chi connectivity index (χ1v) is 6.15. The minimum atomic E-state index is -0.359. The average molecular weight is 335 g/mol. The maximum atomic E-state index is 11.3. The molecule has 1 aromatic rings. The van der Waals surface area contributed by atoms with E-state index in [1.54, 1.807) is 0 Å². The fourth-order valence-corrected chi connectivity index (χ4v) is 2.55. The third kappa shape index (κ3) is 2.52. The highest BCUT2D eigenvalue weighted by Gasteiger charge is 2.26. The standard InChI is InChI=1S/C10H9Br2NO2/c11-6-1-2-8(7(12)5-6)15-9-3-4-13-10(9)14/h1-2,5,9H,3-4H2,(H,13,14)/t9-/m0/s1. The predicted molar refractivity (Wildman–Crippen MR) is 63.9 cm³/mol. The van der Waals surface area contributed by atoms with E-state index in [2.05, 4.69) is 37.2 Å². The highest BCUT2D eigenvalue weighted by molar-refractivity contribution is 9.11. The second kappa shape index (κ2) is 4.53. The van der Waals surface area contributed by atoms with Crippen LogP contribution in [0.2, 0.25) is 0 Å². The molecule has 2 rings (SSSR count). The van der Waals surface area contributed by atoms with Crippen LogP contribution in [0.4, 0.5) is 0 Å². The molecule has 1 aliphatic rings. The Morgan fingerprint density at radius 1 is 1.40 bits per heavy atom. The molecule has 1 fully saturated rings. The second-order valence-corrected chi connectivity index (χ2v) is 5.03. The van der Waals surface area contributed by atoms with E-state index in [0.29, 0.717) is 12.3 Å². The molecular weight excluding hydrogens is 326 g/mol. The molecule has 1 amide bonds. The van der Waals surface area contributed by atoms with Crippen molar-refractivity contribution in [3.05, 3.63) is 27.1 Å². The van der Waals surface area contributed by atoms with E-state index in [0.717, 1.165) is 15.4 Å². The topological polar surface area (TPSA) is 38.3 Å². The Kier molecular flexibility index (Phi) is 3.31. The van der Waals surface area contributed by atoms with Crippen LogP contribution in [0.3, 0.4) is 0 Å². The van der Waals surface area contributed by atoms with E-state index in [9.17, 15) is 4.79 Å². The zero-order valence-corrected chi connectivity index (χ0v) is 11.0. The zero-order valence-electron chi connectivity index (χ0n) is 7.80. The lowest BCUT2D eigenvalue weighted by atomic mass is 10.3. The number of hydrogen-bond acceptors (Lipinski definition) is 2. The van der Waals surface area contributed by atoms with Crippen LogP contribution >= 0.6 is 31.9 Å². The molecule has 5 heteroatoms. The van der Waals surface area contributed by atoms with Crippen molar-refractivity contribution in [1.82, 2.24) is 5.32 Å². The van der Waals surface area contributed by atoms with E-state index in [1.165, 1.54) is 0 Å². The number of carbonyl (C=O) groups is 1. The van der Waals surface area contributed by atoms with Crippen LogP contribution in [0.15, 0.2) is 27.1 Å². The van der Waals surface area contributed by atoms with Crippen LogP contribution in [0, 0.1) is 0 Å². The molecule has 0 unspecified atom stereocenters. The van der Waals surface area contributed by atoms with Gasteiger partial charge in [-0.2, -0.15) is 0 Å². The number of nitrogens with one attached hydrogen (secondary N) is 1. The van der Waals surface area contributed by atoms with Gasteiger partial charge in [-0.25, -0.2) is 0 Å². The largest absolute Gasteiger partial charge is 0.479 e. The fourth-order valence-electron chi connectivity index (χ4n) is 1.41. The van der Waals surface area contributed by atoms with Crippen molar-refractivity contribution in [3.63, 3.8) is 0 Å². The number of ether oxygens (including phenoxy) is 1. The normalized spacial score (nSPS) is 20.1. The molecule has 1 aromatic carbocycles. The van der Waals surface area contributed by atoms with Gasteiger partial charge in [0.05, 0.1) is 4.47 Å². The molecule has 0 aromatic heterocycles. The first-order valence-electron chi connectivity index (χ1n) is 4.56. The Morgan fingerprint density at radius 2 is 2.20 bits per heavy atom. The molecule has 1 N–H and O–H groups in total. The van der Waals surface area contributed by atoms with Gasteiger partial charge in [-0.05, 0) is 34.1 Å². The summed E-state index contributed by atoms with van der Waals surface area (Å²) in [5.41, 5.74) is 0. The number of benzene rings is 1. The van der Waals surface area contributed by atoms with Gasteiger partial charge in [0.15, 0.2) is 6.10 Å². The summed E-state index contributed by atoms with van der Waals surface area (Å²) in [7, 11) is 0. The molecule has 1 atom stereocenters. The molecule has 1 aliphatic heterocycles. The molecule has 3 nitrogen and oxygen atoms in total. The minimum Gasteiger partial charge on any atom is -0.479 e. The summed E-state index contributed by atoms with van der Waals surface area (Å²) in [6.07, 6.45) is 0.365. The lowest BCUT2D eigenvalue weighted by Crippen LogP contribution is -2.27. The van der Waals surface area contributed by atoms with Gasteiger partial charge in [-0.1, -0.05) is 15.9 Å². The van der Waals surface area contributed by atoms with Crippen LogP contribution < -0.4 is 10.1 Å². The summed E-state index contributed by atoms with van der Waals surface area (Å²) in [5.74, 6) is 0.657. The van der Waals surface area contributed by atoms with Crippen molar-refractivity contribution >= 4 is 37.8 Å². The van der Waals surface area contributed by atoms with Gasteiger partial charge in [-0.15, -0.1) is 0 Å². The van der Waals surface area contributed by atoms with Crippen molar-refractivity contribution in [3.8, 4) is 5.75 Å². The molecule has 15 heavy (non-hydrogen) atoms. The van der Waals surface area contributed by atoms with Crippen molar-refractivity contribution in [2.45, 2.75) is 12.5 Å². The van der Waals surface area contributed by atoms with Gasteiger partial charge in [0.25, 0.3) is 5.91 Å². The van der Waals surface area contributed by atoms with Gasteiger partial charge in [-0.3, -0.25) is 4.79 Å². The van der Waals surface area contributed by atoms with Crippen LogP contribution in [-0.4, -0.2) is 18.6 Å². The predicted octanol–water partition coefficient (Wildman–Crippen LogP) is 2.48. The SMILES string of the molecule is O=C1NCC[C@@H]1Oc1ccc(Br)cc1Br. The summed E-state index contributed by atoms with van der Waals surface area (Å²) in [5, 5.41) is 2.73. The molecule has 0 saturated carbocycles.